The third kappa shape index (κ3) is 5.75. The van der Waals surface area contributed by atoms with E-state index in [9.17, 15) is 0 Å². The molecule has 2 nitrogen and oxygen atoms in total. The fourth-order valence-corrected chi connectivity index (χ4v) is 8.47. The molecule has 10 rings (SSSR count). The fourth-order valence-electron chi connectivity index (χ4n) is 8.47. The van der Waals surface area contributed by atoms with Gasteiger partial charge in [-0.25, -0.2) is 9.97 Å². The maximum atomic E-state index is 5.35. The van der Waals surface area contributed by atoms with Crippen molar-refractivity contribution in [3.05, 3.63) is 205 Å². The van der Waals surface area contributed by atoms with E-state index < -0.39 is 0 Å². The number of aromatic nitrogens is 2. The summed E-state index contributed by atoms with van der Waals surface area (Å²) in [5, 5.41) is 2.39. The number of nitrogens with zero attached hydrogens (tertiary/aromatic N) is 2. The lowest BCUT2D eigenvalue weighted by molar-refractivity contribution is 0.660. The van der Waals surface area contributed by atoms with Crippen LogP contribution in [0.15, 0.2) is 194 Å². The predicted octanol–water partition coefficient (Wildman–Crippen LogP) is 13.9. The quantitative estimate of drug-likeness (QED) is 0.172. The summed E-state index contributed by atoms with van der Waals surface area (Å²) in [6.45, 7) is 4.67. The van der Waals surface area contributed by atoms with Crippen molar-refractivity contribution in [2.45, 2.75) is 19.3 Å². The fraction of sp³-hybridized carbons (Fsp3) is 0.0566. The summed E-state index contributed by atoms with van der Waals surface area (Å²) in [5.41, 5.74) is 17.2. The van der Waals surface area contributed by atoms with E-state index in [1.165, 1.54) is 60.8 Å². The van der Waals surface area contributed by atoms with Crippen molar-refractivity contribution < 1.29 is 0 Å². The average Bonchev–Trinajstić information content (AvgIpc) is 3.49. The van der Waals surface area contributed by atoms with Crippen LogP contribution in [0.3, 0.4) is 0 Å². The van der Waals surface area contributed by atoms with Crippen LogP contribution in [0.2, 0.25) is 0 Å². The zero-order chi connectivity index (χ0) is 36.9. The number of hydrogen-bond donors (Lipinski definition) is 0. The second kappa shape index (κ2) is 13.2. The predicted molar refractivity (Wildman–Crippen MR) is 230 cm³/mol. The van der Waals surface area contributed by atoms with Crippen molar-refractivity contribution >= 4 is 10.8 Å². The molecule has 1 heterocycles. The summed E-state index contributed by atoms with van der Waals surface area (Å²) in [7, 11) is 0. The Hall–Kier alpha value is -6.90. The molecule has 1 aromatic heterocycles. The summed E-state index contributed by atoms with van der Waals surface area (Å²) in [4.78, 5) is 10.7. The molecule has 0 aliphatic heterocycles. The maximum Gasteiger partial charge on any atom is 0.160 e. The number of rotatable bonds is 6. The van der Waals surface area contributed by atoms with Gasteiger partial charge in [0.1, 0.15) is 0 Å². The first-order chi connectivity index (χ1) is 27.0. The van der Waals surface area contributed by atoms with Crippen LogP contribution in [-0.2, 0) is 5.41 Å². The smallest absolute Gasteiger partial charge is 0.160 e. The largest absolute Gasteiger partial charge is 0.228 e. The van der Waals surface area contributed by atoms with Gasteiger partial charge in [0.25, 0.3) is 0 Å². The molecule has 1 aliphatic rings. The first-order valence-corrected chi connectivity index (χ1v) is 19.0. The van der Waals surface area contributed by atoms with Crippen LogP contribution in [-0.4, -0.2) is 9.97 Å². The zero-order valence-electron chi connectivity index (χ0n) is 30.9. The van der Waals surface area contributed by atoms with E-state index in [-0.39, 0.29) is 5.41 Å². The molecule has 0 saturated carbocycles. The Morgan fingerprint density at radius 1 is 0.327 bits per heavy atom. The van der Waals surface area contributed by atoms with Crippen LogP contribution >= 0.6 is 0 Å². The highest BCUT2D eigenvalue weighted by Gasteiger charge is 2.36. The molecule has 0 saturated heterocycles. The monoisotopic (exact) mass is 702 g/mol. The van der Waals surface area contributed by atoms with Crippen molar-refractivity contribution in [2.24, 2.45) is 0 Å². The van der Waals surface area contributed by atoms with Crippen molar-refractivity contribution in [3.63, 3.8) is 0 Å². The van der Waals surface area contributed by atoms with Gasteiger partial charge in [0.2, 0.25) is 0 Å². The molecule has 0 fully saturated rings. The van der Waals surface area contributed by atoms with E-state index in [1.807, 2.05) is 0 Å². The third-order valence-electron chi connectivity index (χ3n) is 11.3. The molecular weight excluding hydrogens is 665 g/mol. The first-order valence-electron chi connectivity index (χ1n) is 19.0. The van der Waals surface area contributed by atoms with E-state index >= 15 is 0 Å². The van der Waals surface area contributed by atoms with Gasteiger partial charge < -0.3 is 0 Å². The van der Waals surface area contributed by atoms with Gasteiger partial charge in [-0.2, -0.15) is 0 Å². The summed E-state index contributed by atoms with van der Waals surface area (Å²) in [6, 6.07) is 69.6. The summed E-state index contributed by atoms with van der Waals surface area (Å²) < 4.78 is 0. The molecule has 0 bridgehead atoms. The Morgan fingerprint density at radius 3 is 1.67 bits per heavy atom. The highest BCUT2D eigenvalue weighted by Crippen LogP contribution is 2.52. The van der Waals surface area contributed by atoms with Gasteiger partial charge in [-0.3, -0.25) is 0 Å². The molecule has 260 valence electrons. The van der Waals surface area contributed by atoms with Gasteiger partial charge in [0, 0.05) is 22.1 Å². The van der Waals surface area contributed by atoms with Crippen LogP contribution in [0.4, 0.5) is 0 Å². The van der Waals surface area contributed by atoms with Crippen molar-refractivity contribution in [2.75, 3.05) is 0 Å². The summed E-state index contributed by atoms with van der Waals surface area (Å²) >= 11 is 0. The van der Waals surface area contributed by atoms with Crippen molar-refractivity contribution in [1.29, 1.82) is 0 Å². The number of benzene rings is 8. The van der Waals surface area contributed by atoms with E-state index in [0.717, 1.165) is 33.6 Å². The zero-order valence-corrected chi connectivity index (χ0v) is 30.9. The van der Waals surface area contributed by atoms with Gasteiger partial charge >= 0.3 is 0 Å². The lowest BCUT2D eigenvalue weighted by Crippen LogP contribution is -2.14. The van der Waals surface area contributed by atoms with E-state index in [4.69, 9.17) is 9.97 Å². The molecular formula is C53H38N2. The second-order valence-electron chi connectivity index (χ2n) is 15.0. The third-order valence-corrected chi connectivity index (χ3v) is 11.3. The van der Waals surface area contributed by atoms with Crippen LogP contribution in [0.25, 0.3) is 89.2 Å². The van der Waals surface area contributed by atoms with Crippen LogP contribution < -0.4 is 0 Å². The van der Waals surface area contributed by atoms with Gasteiger partial charge in [-0.05, 0) is 90.7 Å². The lowest BCUT2D eigenvalue weighted by atomic mass is 9.82. The minimum absolute atomic E-state index is 0.0690. The standard InChI is InChI=1S/C53H38N2/c1-53(2)47-25-12-11-23-45(47)51-44(24-14-26-48(51)53)39-21-13-22-42(32-39)52-54-49(40-28-27-35-15-9-10-20-38(35)31-40)34-50(55-52)41-29-30-43(36-16-5-3-6-17-36)46(33-41)37-18-7-4-8-19-37/h3-34H,1-2H3. The highest BCUT2D eigenvalue weighted by molar-refractivity contribution is 5.94. The number of fused-ring (bicyclic) bond motifs is 4. The molecule has 0 radical (unpaired) electrons. The van der Waals surface area contributed by atoms with Gasteiger partial charge in [0.05, 0.1) is 11.4 Å². The topological polar surface area (TPSA) is 25.8 Å². The first kappa shape index (κ1) is 32.7. The Kier molecular flexibility index (Phi) is 7.85. The molecule has 0 N–H and O–H groups in total. The minimum atomic E-state index is -0.0690. The Balaban J connectivity index is 1.16. The Labute approximate surface area is 322 Å². The molecule has 0 amide bonds. The normalized spacial score (nSPS) is 12.7. The molecule has 1 aliphatic carbocycles. The summed E-state index contributed by atoms with van der Waals surface area (Å²) in [6.07, 6.45) is 0. The molecule has 2 heteroatoms. The minimum Gasteiger partial charge on any atom is -0.228 e. The van der Waals surface area contributed by atoms with Gasteiger partial charge in [-0.1, -0.05) is 184 Å². The highest BCUT2D eigenvalue weighted by atomic mass is 14.9. The van der Waals surface area contributed by atoms with Gasteiger partial charge in [-0.15, -0.1) is 0 Å². The molecule has 0 atom stereocenters. The van der Waals surface area contributed by atoms with E-state index in [2.05, 4.69) is 208 Å². The molecule has 55 heavy (non-hydrogen) atoms. The summed E-state index contributed by atoms with van der Waals surface area (Å²) in [5.74, 6) is 0.698. The molecule has 9 aromatic rings. The van der Waals surface area contributed by atoms with Crippen molar-refractivity contribution in [1.82, 2.24) is 9.97 Å². The lowest BCUT2D eigenvalue weighted by Gasteiger charge is -2.21. The molecule has 0 spiro atoms. The Bertz CT molecular complexity index is 2890. The van der Waals surface area contributed by atoms with Gasteiger partial charge in [0.15, 0.2) is 5.82 Å². The van der Waals surface area contributed by atoms with Crippen LogP contribution in [0.5, 0.6) is 0 Å². The van der Waals surface area contributed by atoms with E-state index in [1.54, 1.807) is 0 Å². The SMILES string of the molecule is CC1(C)c2ccccc2-c2c(-c3cccc(-c4nc(-c5ccc(-c6ccccc6)c(-c6ccccc6)c5)cc(-c5ccc6ccccc6c5)n4)c3)cccc21. The number of hydrogen-bond acceptors (Lipinski definition) is 2. The molecule has 0 unspecified atom stereocenters. The van der Waals surface area contributed by atoms with Crippen LogP contribution in [0, 0.1) is 0 Å². The van der Waals surface area contributed by atoms with E-state index in [0.29, 0.717) is 5.82 Å². The average molecular weight is 703 g/mol. The van der Waals surface area contributed by atoms with Crippen molar-refractivity contribution in [3.8, 4) is 78.4 Å². The maximum absolute atomic E-state index is 5.35. The Morgan fingerprint density at radius 2 is 0.891 bits per heavy atom. The van der Waals surface area contributed by atoms with Crippen LogP contribution in [0.1, 0.15) is 25.0 Å². The second-order valence-corrected chi connectivity index (χ2v) is 15.0. The molecule has 8 aromatic carbocycles.